The first kappa shape index (κ1) is 14.2. The summed E-state index contributed by atoms with van der Waals surface area (Å²) in [5.74, 6) is 0.391. The molecule has 1 N–H and O–H groups in total. The van der Waals surface area contributed by atoms with E-state index in [0.717, 1.165) is 0 Å². The molecular formula is C11H18N4O3S. The standard InChI is InChI=1S/C11H18N4O3S/c1-8-6-15(7-9(2)18-8)19(16,17)10-4-13-11(12-3)14-5-10/h4-5,8-9H,6-7H2,1-3H3,(H,12,13,14)/t8-,9+. The smallest absolute Gasteiger partial charge is 0.246 e. The lowest BCUT2D eigenvalue weighted by Crippen LogP contribution is -2.48. The Kier molecular flexibility index (Phi) is 4.02. The first-order valence-electron chi connectivity index (χ1n) is 6.09. The molecule has 0 saturated carbocycles. The van der Waals surface area contributed by atoms with Crippen LogP contribution in [0.25, 0.3) is 0 Å². The van der Waals surface area contributed by atoms with Gasteiger partial charge in [0.25, 0.3) is 0 Å². The number of hydrogen-bond donors (Lipinski definition) is 1. The number of rotatable bonds is 3. The van der Waals surface area contributed by atoms with E-state index in [1.165, 1.54) is 16.7 Å². The highest BCUT2D eigenvalue weighted by atomic mass is 32.2. The summed E-state index contributed by atoms with van der Waals surface area (Å²) in [4.78, 5) is 7.98. The van der Waals surface area contributed by atoms with Crippen molar-refractivity contribution in [1.82, 2.24) is 14.3 Å². The molecule has 0 aliphatic carbocycles. The fourth-order valence-corrected chi connectivity index (χ4v) is 3.54. The van der Waals surface area contributed by atoms with Crippen molar-refractivity contribution in [2.45, 2.75) is 31.0 Å². The fraction of sp³-hybridized carbons (Fsp3) is 0.636. The molecule has 8 heteroatoms. The van der Waals surface area contributed by atoms with Gasteiger partial charge in [0, 0.05) is 20.1 Å². The minimum atomic E-state index is -3.55. The van der Waals surface area contributed by atoms with E-state index in [4.69, 9.17) is 4.74 Å². The number of ether oxygens (including phenoxy) is 1. The Balaban J connectivity index is 2.25. The SMILES string of the molecule is CNc1ncc(S(=O)(=O)N2C[C@@H](C)O[C@@H](C)C2)cn1. The average molecular weight is 286 g/mol. The van der Waals surface area contributed by atoms with E-state index < -0.39 is 10.0 Å². The van der Waals surface area contributed by atoms with Crippen LogP contribution < -0.4 is 5.32 Å². The largest absolute Gasteiger partial charge is 0.373 e. The van der Waals surface area contributed by atoms with Crippen molar-refractivity contribution in [2.75, 3.05) is 25.5 Å². The normalized spacial score (nSPS) is 25.2. The average Bonchev–Trinajstić information content (AvgIpc) is 2.37. The van der Waals surface area contributed by atoms with Crippen molar-refractivity contribution in [2.24, 2.45) is 0 Å². The van der Waals surface area contributed by atoms with Crippen LogP contribution >= 0.6 is 0 Å². The zero-order chi connectivity index (χ0) is 14.0. The molecule has 0 bridgehead atoms. The number of nitrogens with one attached hydrogen (secondary N) is 1. The highest BCUT2D eigenvalue weighted by Crippen LogP contribution is 2.20. The van der Waals surface area contributed by atoms with E-state index in [1.807, 2.05) is 13.8 Å². The van der Waals surface area contributed by atoms with Gasteiger partial charge in [0.2, 0.25) is 16.0 Å². The second-order valence-corrected chi connectivity index (χ2v) is 6.51. The van der Waals surface area contributed by atoms with Gasteiger partial charge in [0.05, 0.1) is 24.6 Å². The number of hydrogen-bond acceptors (Lipinski definition) is 6. The summed E-state index contributed by atoms with van der Waals surface area (Å²) in [7, 11) is -1.88. The molecule has 0 radical (unpaired) electrons. The molecule has 2 atom stereocenters. The molecule has 106 valence electrons. The summed E-state index contributed by atoms with van der Waals surface area (Å²) in [5.41, 5.74) is 0. The van der Waals surface area contributed by atoms with E-state index in [2.05, 4.69) is 15.3 Å². The summed E-state index contributed by atoms with van der Waals surface area (Å²) in [6.07, 6.45) is 2.41. The Bertz CT molecular complexity index is 521. The summed E-state index contributed by atoms with van der Waals surface area (Å²) in [5, 5.41) is 2.75. The highest BCUT2D eigenvalue weighted by molar-refractivity contribution is 7.89. The molecule has 0 amide bonds. The minimum absolute atomic E-state index is 0.104. The zero-order valence-electron chi connectivity index (χ0n) is 11.2. The molecule has 1 saturated heterocycles. The Morgan fingerprint density at radius 1 is 1.26 bits per heavy atom. The van der Waals surface area contributed by atoms with Gasteiger partial charge < -0.3 is 10.1 Å². The predicted octanol–water partition coefficient (Wildman–Crippen LogP) is 0.316. The van der Waals surface area contributed by atoms with Gasteiger partial charge in [-0.05, 0) is 13.8 Å². The van der Waals surface area contributed by atoms with Crippen molar-refractivity contribution in [3.05, 3.63) is 12.4 Å². The van der Waals surface area contributed by atoms with E-state index in [-0.39, 0.29) is 17.1 Å². The van der Waals surface area contributed by atoms with Crippen molar-refractivity contribution in [3.63, 3.8) is 0 Å². The van der Waals surface area contributed by atoms with Crippen LogP contribution in [0.1, 0.15) is 13.8 Å². The van der Waals surface area contributed by atoms with Gasteiger partial charge in [-0.1, -0.05) is 0 Å². The van der Waals surface area contributed by atoms with Crippen molar-refractivity contribution in [1.29, 1.82) is 0 Å². The van der Waals surface area contributed by atoms with Crippen LogP contribution in [0.3, 0.4) is 0 Å². The van der Waals surface area contributed by atoms with Crippen LogP contribution in [0, 0.1) is 0 Å². The molecule has 1 aliphatic heterocycles. The van der Waals surface area contributed by atoms with E-state index in [1.54, 1.807) is 7.05 Å². The second kappa shape index (κ2) is 5.40. The van der Waals surface area contributed by atoms with Gasteiger partial charge in [-0.25, -0.2) is 18.4 Å². The van der Waals surface area contributed by atoms with Crippen LogP contribution in [-0.4, -0.2) is 55.0 Å². The zero-order valence-corrected chi connectivity index (χ0v) is 12.0. The quantitative estimate of drug-likeness (QED) is 0.861. The number of aromatic nitrogens is 2. The third-order valence-corrected chi connectivity index (χ3v) is 4.66. The molecule has 0 spiro atoms. The van der Waals surface area contributed by atoms with Crippen molar-refractivity contribution in [3.8, 4) is 0 Å². The third kappa shape index (κ3) is 3.02. The van der Waals surface area contributed by atoms with Crippen LogP contribution in [-0.2, 0) is 14.8 Å². The van der Waals surface area contributed by atoms with Crippen molar-refractivity contribution >= 4 is 16.0 Å². The third-order valence-electron chi connectivity index (χ3n) is 2.88. The molecule has 0 aromatic carbocycles. The Hall–Kier alpha value is -1.25. The van der Waals surface area contributed by atoms with E-state index in [0.29, 0.717) is 19.0 Å². The Morgan fingerprint density at radius 3 is 2.26 bits per heavy atom. The lowest BCUT2D eigenvalue weighted by molar-refractivity contribution is -0.0440. The Morgan fingerprint density at radius 2 is 1.79 bits per heavy atom. The van der Waals surface area contributed by atoms with Crippen molar-refractivity contribution < 1.29 is 13.2 Å². The maximum atomic E-state index is 12.4. The Labute approximate surface area is 113 Å². The lowest BCUT2D eigenvalue weighted by Gasteiger charge is -2.34. The summed E-state index contributed by atoms with van der Waals surface area (Å²) < 4.78 is 31.9. The first-order valence-corrected chi connectivity index (χ1v) is 7.53. The van der Waals surface area contributed by atoms with Gasteiger partial charge in [0.15, 0.2) is 0 Å². The topological polar surface area (TPSA) is 84.4 Å². The fourth-order valence-electron chi connectivity index (χ4n) is 2.05. The van der Waals surface area contributed by atoms with E-state index >= 15 is 0 Å². The molecule has 1 aromatic rings. The summed E-state index contributed by atoms with van der Waals surface area (Å²) in [6, 6.07) is 0. The highest BCUT2D eigenvalue weighted by Gasteiger charge is 2.32. The molecule has 1 aromatic heterocycles. The molecule has 1 aliphatic rings. The molecule has 7 nitrogen and oxygen atoms in total. The van der Waals surface area contributed by atoms with E-state index in [9.17, 15) is 8.42 Å². The number of nitrogens with zero attached hydrogens (tertiary/aromatic N) is 3. The van der Waals surface area contributed by atoms with Crippen LogP contribution in [0.15, 0.2) is 17.3 Å². The predicted molar refractivity (Wildman–Crippen MR) is 70.3 cm³/mol. The lowest BCUT2D eigenvalue weighted by atomic mass is 10.3. The summed E-state index contributed by atoms with van der Waals surface area (Å²) in [6.45, 7) is 4.42. The van der Waals surface area contributed by atoms with Gasteiger partial charge in [-0.2, -0.15) is 4.31 Å². The summed E-state index contributed by atoms with van der Waals surface area (Å²) >= 11 is 0. The number of morpholine rings is 1. The van der Waals surface area contributed by atoms with Gasteiger partial charge >= 0.3 is 0 Å². The van der Waals surface area contributed by atoms with Gasteiger partial charge in [-0.15, -0.1) is 0 Å². The number of sulfonamides is 1. The van der Waals surface area contributed by atoms with Crippen LogP contribution in [0.2, 0.25) is 0 Å². The molecule has 2 rings (SSSR count). The maximum Gasteiger partial charge on any atom is 0.246 e. The van der Waals surface area contributed by atoms with Gasteiger partial charge in [0.1, 0.15) is 4.90 Å². The number of anilines is 1. The molecule has 2 heterocycles. The maximum absolute atomic E-state index is 12.4. The molecule has 1 fully saturated rings. The van der Waals surface area contributed by atoms with Gasteiger partial charge in [-0.3, -0.25) is 0 Å². The molecular weight excluding hydrogens is 268 g/mol. The van der Waals surface area contributed by atoms with Crippen LogP contribution in [0.4, 0.5) is 5.95 Å². The minimum Gasteiger partial charge on any atom is -0.373 e. The van der Waals surface area contributed by atoms with Crippen LogP contribution in [0.5, 0.6) is 0 Å². The molecule has 19 heavy (non-hydrogen) atoms. The molecule has 0 unspecified atom stereocenters. The monoisotopic (exact) mass is 286 g/mol. The second-order valence-electron chi connectivity index (χ2n) is 4.57. The first-order chi connectivity index (χ1) is 8.93.